The van der Waals surface area contributed by atoms with Gasteiger partial charge in [-0.05, 0) is 62.3 Å². The molecule has 0 aromatic rings. The van der Waals surface area contributed by atoms with E-state index in [0.29, 0.717) is 6.42 Å². The molecule has 0 unspecified atom stereocenters. The number of nitriles is 1. The minimum absolute atomic E-state index is 0.705. The van der Waals surface area contributed by atoms with Crippen LogP contribution in [-0.2, 0) is 0 Å². The van der Waals surface area contributed by atoms with Crippen LogP contribution in [0.5, 0.6) is 0 Å². The summed E-state index contributed by atoms with van der Waals surface area (Å²) in [6.07, 6.45) is 8.18. The molecule has 4 saturated carbocycles. The van der Waals surface area contributed by atoms with E-state index in [2.05, 4.69) is 17.9 Å². The van der Waals surface area contributed by atoms with E-state index in [0.717, 1.165) is 42.8 Å². The highest BCUT2D eigenvalue weighted by Gasteiger charge is 2.49. The lowest BCUT2D eigenvalue weighted by Gasteiger charge is -2.57. The summed E-state index contributed by atoms with van der Waals surface area (Å²) >= 11 is 0. The highest BCUT2D eigenvalue weighted by atomic mass is 15.2. The molecule has 0 aromatic heterocycles. The van der Waals surface area contributed by atoms with Crippen molar-refractivity contribution in [1.82, 2.24) is 4.90 Å². The normalized spacial score (nSPS) is 43.0. The summed E-state index contributed by atoms with van der Waals surface area (Å²) in [5.41, 5.74) is 0. The lowest BCUT2D eigenvalue weighted by atomic mass is 9.54. The third-order valence-corrected chi connectivity index (χ3v) is 5.52. The molecular weight excluding hydrogens is 208 g/mol. The van der Waals surface area contributed by atoms with Crippen molar-refractivity contribution in [3.63, 3.8) is 0 Å². The van der Waals surface area contributed by atoms with Gasteiger partial charge in [-0.25, -0.2) is 0 Å². The summed E-state index contributed by atoms with van der Waals surface area (Å²) in [4.78, 5) is 2.62. The summed E-state index contributed by atoms with van der Waals surface area (Å²) in [5.74, 6) is 4.04. The summed E-state index contributed by atoms with van der Waals surface area (Å²) in [6, 6.07) is 3.13. The molecule has 4 bridgehead atoms. The summed E-state index contributed by atoms with van der Waals surface area (Å²) < 4.78 is 0. The van der Waals surface area contributed by atoms with Crippen LogP contribution in [-0.4, -0.2) is 24.0 Å². The molecule has 94 valence electrons. The zero-order chi connectivity index (χ0) is 11.8. The van der Waals surface area contributed by atoms with Crippen LogP contribution in [0.1, 0.15) is 45.4 Å². The van der Waals surface area contributed by atoms with E-state index in [4.69, 9.17) is 5.26 Å². The Balaban J connectivity index is 1.72. The van der Waals surface area contributed by atoms with Gasteiger partial charge in [0.05, 0.1) is 6.07 Å². The van der Waals surface area contributed by atoms with Crippen LogP contribution < -0.4 is 0 Å². The Morgan fingerprint density at radius 3 is 2.12 bits per heavy atom. The van der Waals surface area contributed by atoms with Crippen LogP contribution in [0.3, 0.4) is 0 Å². The van der Waals surface area contributed by atoms with Gasteiger partial charge in [-0.1, -0.05) is 6.92 Å². The molecule has 4 fully saturated rings. The molecule has 0 N–H and O–H groups in total. The second-order valence-electron chi connectivity index (χ2n) is 6.46. The smallest absolute Gasteiger partial charge is 0.0635 e. The summed E-state index contributed by atoms with van der Waals surface area (Å²) in [5, 5.41) is 8.78. The highest BCUT2D eigenvalue weighted by Crippen LogP contribution is 2.55. The van der Waals surface area contributed by atoms with Gasteiger partial charge in [0.25, 0.3) is 0 Å². The highest BCUT2D eigenvalue weighted by molar-refractivity contribution is 5.02. The van der Waals surface area contributed by atoms with Crippen molar-refractivity contribution in [3.05, 3.63) is 0 Å². The molecule has 4 aliphatic carbocycles. The van der Waals surface area contributed by atoms with Crippen LogP contribution >= 0.6 is 0 Å². The van der Waals surface area contributed by atoms with Crippen LogP contribution in [0, 0.1) is 35.0 Å². The predicted octanol–water partition coefficient (Wildman–Crippen LogP) is 3.05. The predicted molar refractivity (Wildman–Crippen MR) is 68.3 cm³/mol. The van der Waals surface area contributed by atoms with Gasteiger partial charge < -0.3 is 0 Å². The number of nitrogens with zero attached hydrogens (tertiary/aromatic N) is 2. The van der Waals surface area contributed by atoms with Gasteiger partial charge in [-0.2, -0.15) is 5.26 Å². The first-order valence-electron chi connectivity index (χ1n) is 7.42. The minimum atomic E-state index is 0.705. The first-order chi connectivity index (χ1) is 8.31. The van der Waals surface area contributed by atoms with E-state index in [1.165, 1.54) is 32.1 Å². The lowest BCUT2D eigenvalue weighted by molar-refractivity contribution is -0.0632. The molecule has 0 aromatic carbocycles. The van der Waals surface area contributed by atoms with Crippen molar-refractivity contribution in [2.75, 3.05) is 13.1 Å². The monoisotopic (exact) mass is 232 g/mol. The summed E-state index contributed by atoms with van der Waals surface area (Å²) in [6.45, 7) is 4.40. The SMILES string of the molecule is CCN(CCC#N)C1C2CC3CC(C2)CC1C3. The fraction of sp³-hybridized carbons (Fsp3) is 0.933. The van der Waals surface area contributed by atoms with Gasteiger partial charge in [0, 0.05) is 19.0 Å². The zero-order valence-electron chi connectivity index (χ0n) is 10.9. The standard InChI is InChI=1S/C15H24N2/c1-2-17(5-3-4-16)15-13-7-11-6-12(9-13)10-14(15)8-11/h11-15H,2-3,5-10H2,1H3. The van der Waals surface area contributed by atoms with Gasteiger partial charge in [-0.3, -0.25) is 4.90 Å². The van der Waals surface area contributed by atoms with Crippen molar-refractivity contribution in [1.29, 1.82) is 5.26 Å². The molecule has 0 spiro atoms. The molecule has 17 heavy (non-hydrogen) atoms. The summed E-state index contributed by atoms with van der Waals surface area (Å²) in [7, 11) is 0. The van der Waals surface area contributed by atoms with Gasteiger partial charge >= 0.3 is 0 Å². The quantitative estimate of drug-likeness (QED) is 0.745. The minimum Gasteiger partial charge on any atom is -0.299 e. The van der Waals surface area contributed by atoms with E-state index in [1.807, 2.05) is 0 Å². The maximum atomic E-state index is 8.78. The third kappa shape index (κ3) is 1.99. The largest absolute Gasteiger partial charge is 0.299 e. The van der Waals surface area contributed by atoms with Gasteiger partial charge in [0.15, 0.2) is 0 Å². The number of hydrogen-bond donors (Lipinski definition) is 0. The second-order valence-corrected chi connectivity index (χ2v) is 6.46. The topological polar surface area (TPSA) is 27.0 Å². The third-order valence-electron chi connectivity index (χ3n) is 5.52. The zero-order valence-corrected chi connectivity index (χ0v) is 10.9. The van der Waals surface area contributed by atoms with Gasteiger partial charge in [0.1, 0.15) is 0 Å². The Morgan fingerprint density at radius 2 is 1.65 bits per heavy atom. The fourth-order valence-corrected chi connectivity index (χ4v) is 5.20. The Morgan fingerprint density at radius 1 is 1.06 bits per heavy atom. The average molecular weight is 232 g/mol. The van der Waals surface area contributed by atoms with Crippen molar-refractivity contribution in [2.24, 2.45) is 23.7 Å². The van der Waals surface area contributed by atoms with E-state index in [1.54, 1.807) is 0 Å². The Hall–Kier alpha value is -0.550. The van der Waals surface area contributed by atoms with Crippen molar-refractivity contribution < 1.29 is 0 Å². The van der Waals surface area contributed by atoms with Crippen LogP contribution in [0.4, 0.5) is 0 Å². The van der Waals surface area contributed by atoms with E-state index in [9.17, 15) is 0 Å². The Labute approximate surface area is 105 Å². The van der Waals surface area contributed by atoms with Crippen LogP contribution in [0.2, 0.25) is 0 Å². The molecule has 0 aliphatic heterocycles. The van der Waals surface area contributed by atoms with E-state index in [-0.39, 0.29) is 0 Å². The van der Waals surface area contributed by atoms with Crippen LogP contribution in [0.15, 0.2) is 0 Å². The maximum absolute atomic E-state index is 8.78. The molecule has 2 nitrogen and oxygen atoms in total. The molecule has 0 amide bonds. The maximum Gasteiger partial charge on any atom is 0.0635 e. The van der Waals surface area contributed by atoms with Crippen molar-refractivity contribution in [2.45, 2.75) is 51.5 Å². The Kier molecular flexibility index (Phi) is 3.13. The molecule has 2 heteroatoms. The molecule has 4 aliphatic rings. The van der Waals surface area contributed by atoms with E-state index >= 15 is 0 Å². The fourth-order valence-electron chi connectivity index (χ4n) is 5.20. The average Bonchev–Trinajstić information content (AvgIpc) is 2.31. The molecule has 0 atom stereocenters. The lowest BCUT2D eigenvalue weighted by Crippen LogP contribution is -2.56. The molecule has 4 rings (SSSR count). The van der Waals surface area contributed by atoms with Gasteiger partial charge in [0.2, 0.25) is 0 Å². The molecule has 0 radical (unpaired) electrons. The second kappa shape index (κ2) is 4.61. The number of rotatable bonds is 4. The van der Waals surface area contributed by atoms with Gasteiger partial charge in [-0.15, -0.1) is 0 Å². The molecular formula is C15H24N2. The van der Waals surface area contributed by atoms with Crippen molar-refractivity contribution >= 4 is 0 Å². The molecule has 0 heterocycles. The number of hydrogen-bond acceptors (Lipinski definition) is 2. The van der Waals surface area contributed by atoms with Crippen LogP contribution in [0.25, 0.3) is 0 Å². The van der Waals surface area contributed by atoms with E-state index < -0.39 is 0 Å². The first-order valence-corrected chi connectivity index (χ1v) is 7.42. The van der Waals surface area contributed by atoms with Crippen molar-refractivity contribution in [3.8, 4) is 6.07 Å². The Bertz CT molecular complexity index is 289. The first kappa shape index (κ1) is 11.5. The molecule has 0 saturated heterocycles.